The SMILES string of the molecule is O=C1NC(=O)C2(c3ccc(C(F)(F)F)cc3F)C[C@H]12. The third kappa shape index (κ3) is 1.50. The number of hydrogen-bond donors (Lipinski definition) is 1. The second-order valence-electron chi connectivity index (χ2n) is 4.74. The molecule has 1 heterocycles. The molecule has 1 aliphatic carbocycles. The van der Waals surface area contributed by atoms with Gasteiger partial charge in [0.1, 0.15) is 5.82 Å². The first kappa shape index (κ1) is 12.1. The first-order chi connectivity index (χ1) is 8.76. The molecule has 7 heteroatoms. The molecule has 1 N–H and O–H groups in total. The van der Waals surface area contributed by atoms with E-state index in [4.69, 9.17) is 0 Å². The summed E-state index contributed by atoms with van der Waals surface area (Å²) in [7, 11) is 0. The van der Waals surface area contributed by atoms with Crippen LogP contribution in [0, 0.1) is 11.7 Å². The van der Waals surface area contributed by atoms with Crippen LogP contribution in [0.5, 0.6) is 0 Å². The number of amides is 2. The van der Waals surface area contributed by atoms with Crippen molar-refractivity contribution in [3.05, 3.63) is 35.1 Å². The Kier molecular flexibility index (Phi) is 2.13. The standard InChI is InChI=1S/C12H7F4NO2/c13-8-3-5(12(14,15)16)1-2-6(8)11-4-7(11)9(18)17-10(11)19/h1-3,7H,4H2,(H,17,18,19)/t7-,11?/m1/s1. The van der Waals surface area contributed by atoms with Gasteiger partial charge in [-0.05, 0) is 18.6 Å². The van der Waals surface area contributed by atoms with Gasteiger partial charge in [0.15, 0.2) is 0 Å². The average molecular weight is 273 g/mol. The maximum absolute atomic E-state index is 13.8. The number of benzene rings is 1. The van der Waals surface area contributed by atoms with E-state index in [0.717, 1.165) is 12.1 Å². The van der Waals surface area contributed by atoms with E-state index in [1.165, 1.54) is 0 Å². The van der Waals surface area contributed by atoms with Gasteiger partial charge in [0.25, 0.3) is 0 Å². The van der Waals surface area contributed by atoms with Gasteiger partial charge in [-0.3, -0.25) is 14.9 Å². The molecule has 0 radical (unpaired) electrons. The summed E-state index contributed by atoms with van der Waals surface area (Å²) in [5, 5.41) is 2.06. The van der Waals surface area contributed by atoms with Gasteiger partial charge in [-0.25, -0.2) is 4.39 Å². The Morgan fingerprint density at radius 3 is 2.37 bits per heavy atom. The van der Waals surface area contributed by atoms with Gasteiger partial charge in [0.05, 0.1) is 16.9 Å². The molecule has 2 fully saturated rings. The lowest BCUT2D eigenvalue weighted by Gasteiger charge is -2.13. The molecule has 1 saturated carbocycles. The summed E-state index contributed by atoms with van der Waals surface area (Å²) in [6, 6.07) is 2.02. The van der Waals surface area contributed by atoms with Gasteiger partial charge in [0, 0.05) is 5.56 Å². The molecule has 3 rings (SSSR count). The van der Waals surface area contributed by atoms with E-state index in [9.17, 15) is 27.2 Å². The summed E-state index contributed by atoms with van der Waals surface area (Å²) in [5.41, 5.74) is -2.56. The molecule has 1 aliphatic heterocycles. The molecule has 1 saturated heterocycles. The number of imide groups is 1. The van der Waals surface area contributed by atoms with Crippen LogP contribution in [0.2, 0.25) is 0 Å². The van der Waals surface area contributed by atoms with Crippen molar-refractivity contribution in [2.75, 3.05) is 0 Å². The van der Waals surface area contributed by atoms with E-state index in [1.807, 2.05) is 0 Å². The number of fused-ring (bicyclic) bond motifs is 1. The van der Waals surface area contributed by atoms with Gasteiger partial charge in [-0.15, -0.1) is 0 Å². The molecule has 0 bridgehead atoms. The maximum atomic E-state index is 13.8. The minimum absolute atomic E-state index is 0.145. The summed E-state index contributed by atoms with van der Waals surface area (Å²) < 4.78 is 51.1. The van der Waals surface area contributed by atoms with Crippen molar-refractivity contribution in [3.8, 4) is 0 Å². The predicted molar refractivity (Wildman–Crippen MR) is 54.3 cm³/mol. The molecular weight excluding hydrogens is 266 g/mol. The highest BCUT2D eigenvalue weighted by Gasteiger charge is 2.70. The van der Waals surface area contributed by atoms with Crippen LogP contribution in [-0.4, -0.2) is 11.8 Å². The Hall–Kier alpha value is -1.92. The summed E-state index contributed by atoms with van der Waals surface area (Å²) in [5.74, 6) is -2.90. The van der Waals surface area contributed by atoms with Gasteiger partial charge in [0.2, 0.25) is 11.8 Å². The molecule has 2 aliphatic rings. The molecule has 3 nitrogen and oxygen atoms in total. The molecule has 0 spiro atoms. The van der Waals surface area contributed by atoms with Crippen LogP contribution in [0.15, 0.2) is 18.2 Å². The van der Waals surface area contributed by atoms with E-state index in [1.54, 1.807) is 0 Å². The lowest BCUT2D eigenvalue weighted by molar-refractivity contribution is -0.137. The van der Waals surface area contributed by atoms with Crippen molar-refractivity contribution in [3.63, 3.8) is 0 Å². The number of halogens is 4. The summed E-state index contributed by atoms with van der Waals surface area (Å²) >= 11 is 0. The number of carbonyl (C=O) groups is 2. The van der Waals surface area contributed by atoms with Crippen molar-refractivity contribution < 1.29 is 27.2 Å². The third-order valence-electron chi connectivity index (χ3n) is 3.70. The van der Waals surface area contributed by atoms with Crippen molar-refractivity contribution >= 4 is 11.8 Å². The fourth-order valence-corrected chi connectivity index (χ4v) is 2.61. The van der Waals surface area contributed by atoms with E-state index < -0.39 is 40.7 Å². The van der Waals surface area contributed by atoms with Crippen molar-refractivity contribution in [1.29, 1.82) is 0 Å². The fraction of sp³-hybridized carbons (Fsp3) is 0.333. The summed E-state index contributed by atoms with van der Waals surface area (Å²) in [6.45, 7) is 0. The maximum Gasteiger partial charge on any atom is 0.416 e. The molecule has 1 aromatic rings. The van der Waals surface area contributed by atoms with Gasteiger partial charge in [-0.2, -0.15) is 13.2 Å². The Bertz CT molecular complexity index is 610. The third-order valence-corrected chi connectivity index (χ3v) is 3.70. The molecular formula is C12H7F4NO2. The highest BCUT2D eigenvalue weighted by molar-refractivity contribution is 6.15. The van der Waals surface area contributed by atoms with Crippen molar-refractivity contribution in [2.45, 2.75) is 18.0 Å². The zero-order chi connectivity index (χ0) is 14.0. The molecule has 1 aromatic carbocycles. The Balaban J connectivity index is 2.05. The van der Waals surface area contributed by atoms with E-state index >= 15 is 0 Å². The van der Waals surface area contributed by atoms with Crippen LogP contribution < -0.4 is 5.32 Å². The largest absolute Gasteiger partial charge is 0.416 e. The number of nitrogens with one attached hydrogen (secondary N) is 1. The predicted octanol–water partition coefficient (Wildman–Crippen LogP) is 1.76. The monoisotopic (exact) mass is 273 g/mol. The summed E-state index contributed by atoms with van der Waals surface area (Å²) in [4.78, 5) is 23.0. The van der Waals surface area contributed by atoms with Crippen LogP contribution in [0.4, 0.5) is 17.6 Å². The number of piperidine rings is 1. The average Bonchev–Trinajstić information content (AvgIpc) is 2.98. The highest BCUT2D eigenvalue weighted by atomic mass is 19.4. The van der Waals surface area contributed by atoms with Gasteiger partial charge >= 0.3 is 6.18 Å². The Morgan fingerprint density at radius 2 is 1.95 bits per heavy atom. The minimum atomic E-state index is -4.65. The molecule has 1 unspecified atom stereocenters. The molecule has 2 atom stereocenters. The number of carbonyl (C=O) groups excluding carboxylic acids is 2. The fourth-order valence-electron chi connectivity index (χ4n) is 2.61. The van der Waals surface area contributed by atoms with Crippen molar-refractivity contribution in [2.24, 2.45) is 5.92 Å². The van der Waals surface area contributed by atoms with Gasteiger partial charge < -0.3 is 0 Å². The second-order valence-corrected chi connectivity index (χ2v) is 4.74. The van der Waals surface area contributed by atoms with Gasteiger partial charge in [-0.1, -0.05) is 6.07 Å². The molecule has 2 amide bonds. The van der Waals surface area contributed by atoms with E-state index in [0.29, 0.717) is 6.07 Å². The van der Waals surface area contributed by atoms with E-state index in [2.05, 4.69) is 5.32 Å². The first-order valence-electron chi connectivity index (χ1n) is 5.49. The Labute approximate surface area is 104 Å². The Morgan fingerprint density at radius 1 is 1.26 bits per heavy atom. The molecule has 19 heavy (non-hydrogen) atoms. The van der Waals surface area contributed by atoms with Crippen molar-refractivity contribution in [1.82, 2.24) is 5.32 Å². The number of rotatable bonds is 1. The zero-order valence-corrected chi connectivity index (χ0v) is 9.34. The number of hydrogen-bond acceptors (Lipinski definition) is 2. The normalized spacial score (nSPS) is 29.2. The van der Waals surface area contributed by atoms with Crippen LogP contribution in [0.1, 0.15) is 17.5 Å². The lowest BCUT2D eigenvalue weighted by atomic mass is 9.92. The zero-order valence-electron chi connectivity index (χ0n) is 9.34. The highest BCUT2D eigenvalue weighted by Crippen LogP contribution is 2.58. The smallest absolute Gasteiger partial charge is 0.295 e. The van der Waals surface area contributed by atoms with Crippen LogP contribution in [0.3, 0.4) is 0 Å². The second kappa shape index (κ2) is 3.34. The van der Waals surface area contributed by atoms with Crippen LogP contribution in [0.25, 0.3) is 0 Å². The van der Waals surface area contributed by atoms with E-state index in [-0.39, 0.29) is 12.0 Å². The summed E-state index contributed by atoms with van der Waals surface area (Å²) in [6.07, 6.45) is -4.49. The molecule has 100 valence electrons. The van der Waals surface area contributed by atoms with Crippen LogP contribution >= 0.6 is 0 Å². The first-order valence-corrected chi connectivity index (χ1v) is 5.49. The van der Waals surface area contributed by atoms with Crippen LogP contribution in [-0.2, 0) is 21.2 Å². The lowest BCUT2D eigenvalue weighted by Crippen LogP contribution is -2.30. The molecule has 0 aromatic heterocycles. The number of alkyl halides is 3. The minimum Gasteiger partial charge on any atom is -0.295 e. The quantitative estimate of drug-likeness (QED) is 0.626. The topological polar surface area (TPSA) is 46.2 Å².